The maximum absolute atomic E-state index is 12.8. The number of carbonyl (C=O) groups is 2. The number of hydrogen-bond acceptors (Lipinski definition) is 3. The summed E-state index contributed by atoms with van der Waals surface area (Å²) < 4.78 is 0. The molecule has 2 amide bonds. The molecule has 0 unspecified atom stereocenters. The van der Waals surface area contributed by atoms with Gasteiger partial charge in [0.25, 0.3) is 11.8 Å². The SMILES string of the molecule is Cc1ccccc1C(=O)NC(=S)Nc1cccc(C(=O)N(C)c2ccccc2)c1. The summed E-state index contributed by atoms with van der Waals surface area (Å²) in [6, 6.07) is 23.7. The molecule has 29 heavy (non-hydrogen) atoms. The molecule has 3 aromatic carbocycles. The first kappa shape index (κ1) is 20.2. The molecule has 0 radical (unpaired) electrons. The van der Waals surface area contributed by atoms with E-state index in [4.69, 9.17) is 12.2 Å². The van der Waals surface area contributed by atoms with Gasteiger partial charge in [-0.05, 0) is 61.1 Å². The summed E-state index contributed by atoms with van der Waals surface area (Å²) in [5, 5.41) is 5.80. The van der Waals surface area contributed by atoms with E-state index in [1.165, 1.54) is 0 Å². The molecule has 146 valence electrons. The Hall–Kier alpha value is -3.51. The van der Waals surface area contributed by atoms with E-state index in [1.54, 1.807) is 48.3 Å². The lowest BCUT2D eigenvalue weighted by Crippen LogP contribution is -2.34. The number of carbonyl (C=O) groups excluding carboxylic acids is 2. The number of hydrogen-bond donors (Lipinski definition) is 2. The van der Waals surface area contributed by atoms with Gasteiger partial charge in [0.2, 0.25) is 0 Å². The molecule has 5 nitrogen and oxygen atoms in total. The van der Waals surface area contributed by atoms with Crippen molar-refractivity contribution in [2.24, 2.45) is 0 Å². The largest absolute Gasteiger partial charge is 0.332 e. The van der Waals surface area contributed by atoms with Gasteiger partial charge >= 0.3 is 0 Å². The monoisotopic (exact) mass is 403 g/mol. The van der Waals surface area contributed by atoms with Gasteiger partial charge in [0.05, 0.1) is 0 Å². The first-order valence-electron chi connectivity index (χ1n) is 9.07. The number of rotatable bonds is 4. The van der Waals surface area contributed by atoms with E-state index < -0.39 is 0 Å². The molecule has 0 aliphatic carbocycles. The molecular formula is C23H21N3O2S. The fourth-order valence-electron chi connectivity index (χ4n) is 2.85. The van der Waals surface area contributed by atoms with Crippen molar-refractivity contribution in [2.45, 2.75) is 6.92 Å². The van der Waals surface area contributed by atoms with Gasteiger partial charge in [0.1, 0.15) is 0 Å². The lowest BCUT2D eigenvalue weighted by atomic mass is 10.1. The average Bonchev–Trinajstić information content (AvgIpc) is 2.73. The third-order valence-corrected chi connectivity index (χ3v) is 4.64. The summed E-state index contributed by atoms with van der Waals surface area (Å²) in [5.74, 6) is -0.425. The van der Waals surface area contributed by atoms with Gasteiger partial charge in [-0.15, -0.1) is 0 Å². The van der Waals surface area contributed by atoms with Crippen LogP contribution in [0, 0.1) is 6.92 Å². The van der Waals surface area contributed by atoms with E-state index >= 15 is 0 Å². The highest BCUT2D eigenvalue weighted by Crippen LogP contribution is 2.17. The molecule has 0 spiro atoms. The Labute approximate surface area is 175 Å². The predicted octanol–water partition coefficient (Wildman–Crippen LogP) is 4.40. The number of anilines is 2. The molecule has 3 aromatic rings. The number of amides is 2. The van der Waals surface area contributed by atoms with Gasteiger partial charge in [-0.2, -0.15) is 0 Å². The Balaban J connectivity index is 1.68. The van der Waals surface area contributed by atoms with Crippen LogP contribution >= 0.6 is 12.2 Å². The molecule has 0 aliphatic rings. The van der Waals surface area contributed by atoms with E-state index in [0.717, 1.165) is 11.3 Å². The topological polar surface area (TPSA) is 61.4 Å². The minimum Gasteiger partial charge on any atom is -0.332 e. The highest BCUT2D eigenvalue weighted by molar-refractivity contribution is 7.80. The van der Waals surface area contributed by atoms with Gasteiger partial charge in [0.15, 0.2) is 5.11 Å². The van der Waals surface area contributed by atoms with E-state index in [1.807, 2.05) is 49.4 Å². The molecular weight excluding hydrogens is 382 g/mol. The molecule has 0 bridgehead atoms. The van der Waals surface area contributed by atoms with Crippen molar-refractivity contribution in [1.29, 1.82) is 0 Å². The van der Waals surface area contributed by atoms with Crippen molar-refractivity contribution in [3.05, 3.63) is 95.6 Å². The Morgan fingerprint density at radius 2 is 1.59 bits per heavy atom. The molecule has 0 saturated heterocycles. The molecule has 2 N–H and O–H groups in total. The average molecular weight is 404 g/mol. The molecule has 6 heteroatoms. The van der Waals surface area contributed by atoms with Gasteiger partial charge in [-0.25, -0.2) is 0 Å². The van der Waals surface area contributed by atoms with E-state index in [9.17, 15) is 9.59 Å². The lowest BCUT2D eigenvalue weighted by Gasteiger charge is -2.18. The van der Waals surface area contributed by atoms with Gasteiger partial charge in [-0.3, -0.25) is 14.9 Å². The number of nitrogens with one attached hydrogen (secondary N) is 2. The normalized spacial score (nSPS) is 10.1. The fraction of sp³-hybridized carbons (Fsp3) is 0.0870. The van der Waals surface area contributed by atoms with Crippen LogP contribution in [-0.4, -0.2) is 24.0 Å². The predicted molar refractivity (Wildman–Crippen MR) is 120 cm³/mol. The van der Waals surface area contributed by atoms with Gasteiger partial charge < -0.3 is 10.2 Å². The second kappa shape index (κ2) is 9.12. The number of nitrogens with zero attached hydrogens (tertiary/aromatic N) is 1. The fourth-order valence-corrected chi connectivity index (χ4v) is 3.06. The van der Waals surface area contributed by atoms with Crippen molar-refractivity contribution in [3.8, 4) is 0 Å². The molecule has 0 atom stereocenters. The van der Waals surface area contributed by atoms with Crippen molar-refractivity contribution < 1.29 is 9.59 Å². The lowest BCUT2D eigenvalue weighted by molar-refractivity contribution is 0.0973. The number of para-hydroxylation sites is 1. The summed E-state index contributed by atoms with van der Waals surface area (Å²) in [5.41, 5.74) is 3.35. The number of aryl methyl sites for hydroxylation is 1. The summed E-state index contributed by atoms with van der Waals surface area (Å²) in [4.78, 5) is 26.7. The summed E-state index contributed by atoms with van der Waals surface area (Å²) >= 11 is 5.25. The molecule has 0 aliphatic heterocycles. The molecule has 0 saturated carbocycles. The summed E-state index contributed by atoms with van der Waals surface area (Å²) in [6.45, 7) is 1.86. The van der Waals surface area contributed by atoms with Crippen molar-refractivity contribution in [3.63, 3.8) is 0 Å². The van der Waals surface area contributed by atoms with E-state index in [0.29, 0.717) is 16.8 Å². The van der Waals surface area contributed by atoms with Crippen LogP contribution in [0.15, 0.2) is 78.9 Å². The minimum atomic E-state index is -0.281. The van der Waals surface area contributed by atoms with Crippen LogP contribution in [0.3, 0.4) is 0 Å². The molecule has 0 heterocycles. The molecule has 0 fully saturated rings. The zero-order valence-corrected chi connectivity index (χ0v) is 17.0. The van der Waals surface area contributed by atoms with Crippen LogP contribution in [0.2, 0.25) is 0 Å². The van der Waals surface area contributed by atoms with Crippen molar-refractivity contribution in [2.75, 3.05) is 17.3 Å². The highest BCUT2D eigenvalue weighted by atomic mass is 32.1. The van der Waals surface area contributed by atoms with Crippen LogP contribution in [0.1, 0.15) is 26.3 Å². The van der Waals surface area contributed by atoms with Crippen LogP contribution in [-0.2, 0) is 0 Å². The van der Waals surface area contributed by atoms with Crippen molar-refractivity contribution >= 4 is 40.5 Å². The molecule has 3 rings (SSSR count). The Morgan fingerprint density at radius 3 is 2.31 bits per heavy atom. The van der Waals surface area contributed by atoms with Crippen LogP contribution < -0.4 is 15.5 Å². The third kappa shape index (κ3) is 5.06. The molecule has 0 aromatic heterocycles. The van der Waals surface area contributed by atoms with Crippen LogP contribution in [0.4, 0.5) is 11.4 Å². The first-order chi connectivity index (χ1) is 14.0. The zero-order valence-electron chi connectivity index (χ0n) is 16.2. The highest BCUT2D eigenvalue weighted by Gasteiger charge is 2.14. The minimum absolute atomic E-state index is 0.144. The first-order valence-corrected chi connectivity index (χ1v) is 9.47. The quantitative estimate of drug-likeness (QED) is 0.634. The Kier molecular flexibility index (Phi) is 6.36. The maximum atomic E-state index is 12.8. The maximum Gasteiger partial charge on any atom is 0.258 e. The Bertz CT molecular complexity index is 1050. The van der Waals surface area contributed by atoms with Gasteiger partial charge in [-0.1, -0.05) is 42.5 Å². The standard InChI is InChI=1S/C23H21N3O2S/c1-16-9-6-7-14-20(16)21(27)25-23(29)24-18-11-8-10-17(15-18)22(28)26(2)19-12-4-3-5-13-19/h3-15H,1-2H3,(H2,24,25,27,29). The second-order valence-electron chi connectivity index (χ2n) is 6.50. The second-order valence-corrected chi connectivity index (χ2v) is 6.91. The third-order valence-electron chi connectivity index (χ3n) is 4.43. The number of benzene rings is 3. The van der Waals surface area contributed by atoms with Crippen LogP contribution in [0.25, 0.3) is 0 Å². The van der Waals surface area contributed by atoms with Crippen LogP contribution in [0.5, 0.6) is 0 Å². The summed E-state index contributed by atoms with van der Waals surface area (Å²) in [6.07, 6.45) is 0. The zero-order chi connectivity index (χ0) is 20.8. The van der Waals surface area contributed by atoms with Crippen molar-refractivity contribution in [1.82, 2.24) is 5.32 Å². The number of thiocarbonyl (C=S) groups is 1. The smallest absolute Gasteiger partial charge is 0.258 e. The summed E-state index contributed by atoms with van der Waals surface area (Å²) in [7, 11) is 1.73. The van der Waals surface area contributed by atoms with E-state index in [-0.39, 0.29) is 16.9 Å². The Morgan fingerprint density at radius 1 is 0.897 bits per heavy atom. The van der Waals surface area contributed by atoms with E-state index in [2.05, 4.69) is 10.6 Å². The van der Waals surface area contributed by atoms with Gasteiger partial charge in [0, 0.05) is 29.5 Å².